The van der Waals surface area contributed by atoms with Crippen LogP contribution in [0.1, 0.15) is 24.5 Å². The zero-order chi connectivity index (χ0) is 15.4. The lowest BCUT2D eigenvalue weighted by Gasteiger charge is -2.26. The average Bonchev–Trinajstić information content (AvgIpc) is 3.17. The van der Waals surface area contributed by atoms with E-state index in [0.29, 0.717) is 0 Å². The van der Waals surface area contributed by atoms with Gasteiger partial charge in [0.1, 0.15) is 13.1 Å². The van der Waals surface area contributed by atoms with Gasteiger partial charge in [-0.25, -0.2) is 0 Å². The van der Waals surface area contributed by atoms with Crippen LogP contribution in [-0.2, 0) is 4.79 Å². The predicted molar refractivity (Wildman–Crippen MR) is 95.5 cm³/mol. The van der Waals surface area contributed by atoms with Gasteiger partial charge in [-0.3, -0.25) is 4.79 Å². The van der Waals surface area contributed by atoms with Crippen molar-refractivity contribution >= 4 is 40.6 Å². The van der Waals surface area contributed by atoms with Crippen LogP contribution >= 0.6 is 22.7 Å². The number of hydrogen-bond acceptors (Lipinski definition) is 3. The van der Waals surface area contributed by atoms with Crippen molar-refractivity contribution in [2.75, 3.05) is 19.6 Å². The van der Waals surface area contributed by atoms with Crippen LogP contribution in [0, 0.1) is 0 Å². The van der Waals surface area contributed by atoms with Crippen molar-refractivity contribution in [3.63, 3.8) is 0 Å². The van der Waals surface area contributed by atoms with Gasteiger partial charge >= 0.3 is 0 Å². The van der Waals surface area contributed by atoms with Gasteiger partial charge in [0.05, 0.1) is 17.7 Å². The van der Waals surface area contributed by atoms with Crippen LogP contribution in [0.2, 0.25) is 0 Å². The van der Waals surface area contributed by atoms with Crippen molar-refractivity contribution < 1.29 is 9.69 Å². The molecule has 0 saturated carbocycles. The Morgan fingerprint density at radius 2 is 1.59 bits per heavy atom. The molecule has 0 bridgehead atoms. The van der Waals surface area contributed by atoms with Crippen molar-refractivity contribution in [1.82, 2.24) is 0 Å². The number of Topliss-reactive ketones (excluding diaryl/α,β-unsaturated/α-hetero) is 1. The molecule has 0 radical (unpaired) electrons. The van der Waals surface area contributed by atoms with Crippen LogP contribution in [0.25, 0.3) is 12.2 Å². The van der Waals surface area contributed by atoms with Gasteiger partial charge in [0.2, 0.25) is 0 Å². The summed E-state index contributed by atoms with van der Waals surface area (Å²) < 4.78 is 0. The molecule has 22 heavy (non-hydrogen) atoms. The smallest absolute Gasteiger partial charge is 0.196 e. The van der Waals surface area contributed by atoms with Crippen LogP contribution in [0.4, 0.5) is 0 Å². The average molecular weight is 330 g/mol. The SMILES string of the molecule is CCC[NH+]1C/C(=C/c2ccsc2)C(=O)/C(=C\c2ccsc2)C1. The van der Waals surface area contributed by atoms with E-state index in [9.17, 15) is 4.79 Å². The Morgan fingerprint density at radius 3 is 2.00 bits per heavy atom. The van der Waals surface area contributed by atoms with E-state index < -0.39 is 0 Å². The van der Waals surface area contributed by atoms with Crippen molar-refractivity contribution in [1.29, 1.82) is 0 Å². The molecule has 2 aromatic heterocycles. The molecular weight excluding hydrogens is 310 g/mol. The zero-order valence-corrected chi connectivity index (χ0v) is 14.3. The highest BCUT2D eigenvalue weighted by Gasteiger charge is 2.28. The summed E-state index contributed by atoms with van der Waals surface area (Å²) in [6.07, 6.45) is 5.27. The fourth-order valence-corrected chi connectivity index (χ4v) is 4.08. The molecule has 1 saturated heterocycles. The number of carbonyl (C=O) groups is 1. The van der Waals surface area contributed by atoms with E-state index in [1.54, 1.807) is 22.7 Å². The molecule has 1 aliphatic rings. The third-order valence-electron chi connectivity index (χ3n) is 3.84. The number of thiophene rings is 2. The van der Waals surface area contributed by atoms with Crippen molar-refractivity contribution in [3.8, 4) is 0 Å². The predicted octanol–water partition coefficient (Wildman–Crippen LogP) is 3.15. The topological polar surface area (TPSA) is 21.5 Å². The number of quaternary nitrogens is 1. The Morgan fingerprint density at radius 1 is 1.05 bits per heavy atom. The van der Waals surface area contributed by atoms with E-state index in [-0.39, 0.29) is 5.78 Å². The number of carbonyl (C=O) groups excluding carboxylic acids is 1. The van der Waals surface area contributed by atoms with Crippen LogP contribution in [-0.4, -0.2) is 25.4 Å². The lowest BCUT2D eigenvalue weighted by atomic mass is 9.95. The number of nitrogens with one attached hydrogen (secondary N) is 1. The first-order valence-electron chi connectivity index (χ1n) is 7.60. The maximum atomic E-state index is 12.8. The van der Waals surface area contributed by atoms with Gasteiger partial charge in [-0.15, -0.1) is 0 Å². The number of ketones is 1. The first-order valence-corrected chi connectivity index (χ1v) is 9.48. The molecule has 0 unspecified atom stereocenters. The van der Waals surface area contributed by atoms with Gasteiger partial charge in [-0.05, 0) is 63.4 Å². The van der Waals surface area contributed by atoms with Crippen LogP contribution in [0.3, 0.4) is 0 Å². The Bertz CT molecular complexity index is 625. The third-order valence-corrected chi connectivity index (χ3v) is 5.24. The first kappa shape index (κ1) is 15.4. The summed E-state index contributed by atoms with van der Waals surface area (Å²) in [6.45, 7) is 4.98. The standard InChI is InChI=1S/C18H19NOS2/c1-2-5-19-10-16(8-14-3-6-21-12-14)18(20)17(11-19)9-15-4-7-22-13-15/h3-4,6-9,12-13H,2,5,10-11H2,1H3/p+1/b16-8-,17-9-. The zero-order valence-electron chi connectivity index (χ0n) is 12.7. The monoisotopic (exact) mass is 330 g/mol. The fourth-order valence-electron chi connectivity index (χ4n) is 2.85. The molecule has 1 N–H and O–H groups in total. The van der Waals surface area contributed by atoms with Crippen LogP contribution < -0.4 is 4.90 Å². The minimum Gasteiger partial charge on any atom is -0.327 e. The van der Waals surface area contributed by atoms with E-state index in [0.717, 1.165) is 48.3 Å². The van der Waals surface area contributed by atoms with Gasteiger partial charge in [0, 0.05) is 0 Å². The van der Waals surface area contributed by atoms with E-state index in [1.165, 1.54) is 4.90 Å². The lowest BCUT2D eigenvalue weighted by molar-refractivity contribution is -0.891. The summed E-state index contributed by atoms with van der Waals surface area (Å²) >= 11 is 3.34. The molecule has 0 spiro atoms. The van der Waals surface area contributed by atoms with Gasteiger partial charge in [-0.2, -0.15) is 22.7 Å². The van der Waals surface area contributed by atoms with E-state index in [1.807, 2.05) is 0 Å². The van der Waals surface area contributed by atoms with E-state index >= 15 is 0 Å². The molecule has 2 nitrogen and oxygen atoms in total. The molecule has 0 atom stereocenters. The summed E-state index contributed by atoms with van der Waals surface area (Å²) in [5, 5.41) is 8.30. The van der Waals surface area contributed by atoms with Gasteiger partial charge < -0.3 is 4.90 Å². The Hall–Kier alpha value is -1.49. The normalized spacial score (nSPS) is 22.6. The maximum absolute atomic E-state index is 12.8. The highest BCUT2D eigenvalue weighted by Crippen LogP contribution is 2.18. The summed E-state index contributed by atoms with van der Waals surface area (Å²) in [5.74, 6) is 0.220. The highest BCUT2D eigenvalue weighted by molar-refractivity contribution is 7.08. The van der Waals surface area contributed by atoms with Crippen molar-refractivity contribution in [2.24, 2.45) is 0 Å². The van der Waals surface area contributed by atoms with Crippen LogP contribution in [0.15, 0.2) is 44.8 Å². The molecule has 0 aliphatic carbocycles. The number of likely N-dealkylation sites (tertiary alicyclic amines) is 1. The highest BCUT2D eigenvalue weighted by atomic mass is 32.1. The van der Waals surface area contributed by atoms with Crippen LogP contribution in [0.5, 0.6) is 0 Å². The molecule has 0 aromatic carbocycles. The van der Waals surface area contributed by atoms with Gasteiger partial charge in [0.25, 0.3) is 0 Å². The summed E-state index contributed by atoms with van der Waals surface area (Å²) in [4.78, 5) is 14.3. The molecule has 114 valence electrons. The van der Waals surface area contributed by atoms with Gasteiger partial charge in [-0.1, -0.05) is 6.92 Å². The minimum atomic E-state index is 0.220. The molecule has 2 aromatic rings. The Labute approximate surface area is 139 Å². The molecule has 3 rings (SSSR count). The quantitative estimate of drug-likeness (QED) is 0.855. The second kappa shape index (κ2) is 7.18. The molecule has 0 amide bonds. The third kappa shape index (κ3) is 3.64. The fraction of sp³-hybridized carbons (Fsp3) is 0.278. The summed E-state index contributed by atoms with van der Waals surface area (Å²) in [7, 11) is 0. The molecular formula is C18H20NOS2+. The van der Waals surface area contributed by atoms with E-state index in [4.69, 9.17) is 0 Å². The first-order chi connectivity index (χ1) is 10.8. The second-order valence-corrected chi connectivity index (χ2v) is 7.20. The largest absolute Gasteiger partial charge is 0.327 e. The number of rotatable bonds is 4. The van der Waals surface area contributed by atoms with Gasteiger partial charge in [0.15, 0.2) is 5.78 Å². The molecule has 1 fully saturated rings. The maximum Gasteiger partial charge on any atom is 0.196 e. The molecule has 1 aliphatic heterocycles. The summed E-state index contributed by atoms with van der Waals surface area (Å²) in [6, 6.07) is 4.14. The lowest BCUT2D eigenvalue weighted by Crippen LogP contribution is -3.13. The minimum absolute atomic E-state index is 0.220. The number of piperidine rings is 1. The Kier molecular flexibility index (Phi) is 5.03. The number of hydrogen-bond donors (Lipinski definition) is 1. The van der Waals surface area contributed by atoms with Crippen molar-refractivity contribution in [2.45, 2.75) is 13.3 Å². The Balaban J connectivity index is 1.91. The molecule has 4 heteroatoms. The molecule has 3 heterocycles. The van der Waals surface area contributed by atoms with E-state index in [2.05, 4.69) is 52.7 Å². The van der Waals surface area contributed by atoms with Crippen molar-refractivity contribution in [3.05, 3.63) is 55.9 Å². The summed E-state index contributed by atoms with van der Waals surface area (Å²) in [5.41, 5.74) is 4.16. The second-order valence-electron chi connectivity index (χ2n) is 5.64.